The fourth-order valence-corrected chi connectivity index (χ4v) is 4.17. The van der Waals surface area contributed by atoms with Crippen molar-refractivity contribution in [1.29, 1.82) is 0 Å². The number of hydrogen-bond donors (Lipinski definition) is 1. The van der Waals surface area contributed by atoms with Gasteiger partial charge in [-0.2, -0.15) is 0 Å². The number of aromatic nitrogens is 1. The van der Waals surface area contributed by atoms with E-state index in [1.165, 1.54) is 11.3 Å². The minimum atomic E-state index is 0.0842. The summed E-state index contributed by atoms with van der Waals surface area (Å²) < 4.78 is 0. The van der Waals surface area contributed by atoms with Crippen LogP contribution in [0, 0.1) is 13.5 Å². The predicted octanol–water partition coefficient (Wildman–Crippen LogP) is 5.89. The van der Waals surface area contributed by atoms with E-state index in [2.05, 4.69) is 28.0 Å². The highest BCUT2D eigenvalue weighted by Crippen LogP contribution is 2.32. The van der Waals surface area contributed by atoms with Gasteiger partial charge in [0.25, 0.3) is 5.91 Å². The Bertz CT molecular complexity index is 1290. The largest absolute Gasteiger partial charge is 0.358 e. The minimum absolute atomic E-state index is 0.0842. The quantitative estimate of drug-likeness (QED) is 0.425. The van der Waals surface area contributed by atoms with Crippen molar-refractivity contribution in [2.45, 2.75) is 19.9 Å². The number of carbonyl (C=O) groups excluding carboxylic acids is 1. The van der Waals surface area contributed by atoms with Crippen LogP contribution in [0.5, 0.6) is 0 Å². The zero-order valence-corrected chi connectivity index (χ0v) is 16.8. The van der Waals surface area contributed by atoms with Crippen molar-refractivity contribution in [2.75, 3.05) is 6.54 Å². The van der Waals surface area contributed by atoms with Crippen molar-refractivity contribution in [3.05, 3.63) is 101 Å². The smallest absolute Gasteiger partial charge is 0.254 e. The number of H-pyrrole nitrogens is 1. The van der Waals surface area contributed by atoms with Crippen molar-refractivity contribution in [1.82, 2.24) is 9.88 Å². The van der Waals surface area contributed by atoms with E-state index in [-0.39, 0.29) is 5.91 Å². The fraction of sp³-hybridized carbons (Fsp3) is 0.154. The van der Waals surface area contributed by atoms with E-state index < -0.39 is 0 Å². The van der Waals surface area contributed by atoms with E-state index in [1.807, 2.05) is 60.4 Å². The number of hydrogen-bond acceptors (Lipinski definition) is 1. The number of nitrogens with zero attached hydrogens (tertiary/aromatic N) is 2. The number of aromatic amines is 1. The summed E-state index contributed by atoms with van der Waals surface area (Å²) in [7, 11) is 0. The third kappa shape index (κ3) is 3.15. The van der Waals surface area contributed by atoms with Crippen LogP contribution in [0.25, 0.3) is 26.9 Å². The van der Waals surface area contributed by atoms with Crippen LogP contribution in [-0.4, -0.2) is 22.3 Å². The van der Waals surface area contributed by atoms with Crippen LogP contribution < -0.4 is 0 Å². The molecule has 1 aliphatic heterocycles. The summed E-state index contributed by atoms with van der Waals surface area (Å²) >= 11 is 0. The van der Waals surface area contributed by atoms with E-state index in [0.717, 1.165) is 46.1 Å². The lowest BCUT2D eigenvalue weighted by atomic mass is 9.99. The molecule has 0 radical (unpaired) electrons. The maximum atomic E-state index is 13.0. The zero-order valence-electron chi connectivity index (χ0n) is 16.8. The molecular weight excluding hydrogens is 370 g/mol. The molecule has 1 aliphatic rings. The van der Waals surface area contributed by atoms with Gasteiger partial charge in [0, 0.05) is 47.2 Å². The standard InChI is InChI=1S/C26H21N3O/c1-17-3-5-19(6-4-17)26(30)29-14-13-25-23(16-29)22-15-20(9-12-24(22)28-25)18-7-10-21(27-2)11-8-18/h3-12,15,28H,13-14,16H2,1H3. The molecule has 0 unspecified atom stereocenters. The third-order valence-corrected chi connectivity index (χ3v) is 5.89. The maximum absolute atomic E-state index is 13.0. The van der Waals surface area contributed by atoms with Gasteiger partial charge in [-0.25, -0.2) is 4.85 Å². The molecule has 0 aliphatic carbocycles. The van der Waals surface area contributed by atoms with Gasteiger partial charge >= 0.3 is 0 Å². The Hall–Kier alpha value is -3.84. The Morgan fingerprint density at radius 1 is 1.00 bits per heavy atom. The second-order valence-electron chi connectivity index (χ2n) is 7.84. The minimum Gasteiger partial charge on any atom is -0.358 e. The lowest BCUT2D eigenvalue weighted by molar-refractivity contribution is 0.0735. The number of amides is 1. The molecule has 0 saturated carbocycles. The molecule has 4 aromatic rings. The summed E-state index contributed by atoms with van der Waals surface area (Å²) in [4.78, 5) is 22.0. The summed E-state index contributed by atoms with van der Waals surface area (Å²) in [5.74, 6) is 0.0842. The first kappa shape index (κ1) is 18.2. The normalized spacial score (nSPS) is 13.1. The summed E-state index contributed by atoms with van der Waals surface area (Å²) in [6, 6.07) is 21.9. The van der Waals surface area contributed by atoms with Gasteiger partial charge in [-0.05, 0) is 42.3 Å². The molecule has 0 bridgehead atoms. The molecule has 0 atom stereocenters. The molecule has 2 heterocycles. The molecular formula is C26H21N3O. The average molecular weight is 391 g/mol. The third-order valence-electron chi connectivity index (χ3n) is 5.89. The highest BCUT2D eigenvalue weighted by Gasteiger charge is 2.25. The highest BCUT2D eigenvalue weighted by molar-refractivity contribution is 5.95. The number of carbonyl (C=O) groups is 1. The monoisotopic (exact) mass is 391 g/mol. The summed E-state index contributed by atoms with van der Waals surface area (Å²) in [6.07, 6.45) is 0.830. The number of aryl methyl sites for hydroxylation is 1. The van der Waals surface area contributed by atoms with E-state index in [1.54, 1.807) is 0 Å². The molecule has 3 aromatic carbocycles. The fourth-order valence-electron chi connectivity index (χ4n) is 4.17. The Balaban J connectivity index is 1.49. The second kappa shape index (κ2) is 7.20. The van der Waals surface area contributed by atoms with Gasteiger partial charge < -0.3 is 9.88 Å². The Morgan fingerprint density at radius 2 is 1.73 bits per heavy atom. The number of rotatable bonds is 2. The molecule has 1 aromatic heterocycles. The van der Waals surface area contributed by atoms with Crippen molar-refractivity contribution >= 4 is 22.5 Å². The Morgan fingerprint density at radius 3 is 2.47 bits per heavy atom. The van der Waals surface area contributed by atoms with Gasteiger partial charge in [-0.15, -0.1) is 0 Å². The van der Waals surface area contributed by atoms with E-state index in [9.17, 15) is 4.79 Å². The first-order valence-corrected chi connectivity index (χ1v) is 10.1. The number of nitrogens with one attached hydrogen (secondary N) is 1. The molecule has 4 nitrogen and oxygen atoms in total. The van der Waals surface area contributed by atoms with E-state index >= 15 is 0 Å². The Kier molecular flexibility index (Phi) is 4.37. The topological polar surface area (TPSA) is 40.5 Å². The van der Waals surface area contributed by atoms with E-state index in [0.29, 0.717) is 12.2 Å². The predicted molar refractivity (Wildman–Crippen MR) is 120 cm³/mol. The highest BCUT2D eigenvalue weighted by atomic mass is 16.2. The first-order chi connectivity index (χ1) is 14.6. The second-order valence-corrected chi connectivity index (χ2v) is 7.84. The Labute approximate surface area is 175 Å². The molecule has 0 saturated heterocycles. The van der Waals surface area contributed by atoms with Crippen LogP contribution in [0.4, 0.5) is 5.69 Å². The lowest BCUT2D eigenvalue weighted by Gasteiger charge is -2.27. The van der Waals surface area contributed by atoms with Crippen LogP contribution in [0.2, 0.25) is 0 Å². The van der Waals surface area contributed by atoms with Crippen molar-refractivity contribution in [2.24, 2.45) is 0 Å². The summed E-state index contributed by atoms with van der Waals surface area (Å²) in [5, 5.41) is 1.16. The van der Waals surface area contributed by atoms with Gasteiger partial charge in [-0.1, -0.05) is 48.0 Å². The lowest BCUT2D eigenvalue weighted by Crippen LogP contribution is -2.35. The first-order valence-electron chi connectivity index (χ1n) is 10.1. The maximum Gasteiger partial charge on any atom is 0.254 e. The molecule has 0 fully saturated rings. The van der Waals surface area contributed by atoms with Crippen LogP contribution >= 0.6 is 0 Å². The van der Waals surface area contributed by atoms with Crippen LogP contribution in [0.1, 0.15) is 27.2 Å². The van der Waals surface area contributed by atoms with Crippen molar-refractivity contribution in [3.8, 4) is 11.1 Å². The molecule has 1 N–H and O–H groups in total. The van der Waals surface area contributed by atoms with Gasteiger partial charge in [0.2, 0.25) is 0 Å². The van der Waals surface area contributed by atoms with Gasteiger partial charge in [0.15, 0.2) is 5.69 Å². The van der Waals surface area contributed by atoms with E-state index in [4.69, 9.17) is 6.57 Å². The molecule has 4 heteroatoms. The molecule has 5 rings (SSSR count). The zero-order chi connectivity index (χ0) is 20.7. The van der Waals surface area contributed by atoms with Crippen LogP contribution in [0.15, 0.2) is 66.7 Å². The SMILES string of the molecule is [C-]#[N+]c1ccc(-c2ccc3[nH]c4c(c3c2)CN(C(=O)c2ccc(C)cc2)CC4)cc1. The van der Waals surface area contributed by atoms with Gasteiger partial charge in [-0.3, -0.25) is 4.79 Å². The average Bonchev–Trinajstić information content (AvgIpc) is 3.16. The molecule has 1 amide bonds. The van der Waals surface area contributed by atoms with Crippen LogP contribution in [-0.2, 0) is 13.0 Å². The molecule has 146 valence electrons. The number of fused-ring (bicyclic) bond motifs is 3. The molecule has 30 heavy (non-hydrogen) atoms. The van der Waals surface area contributed by atoms with Gasteiger partial charge in [0.05, 0.1) is 6.57 Å². The van der Waals surface area contributed by atoms with Gasteiger partial charge in [0.1, 0.15) is 0 Å². The van der Waals surface area contributed by atoms with Crippen molar-refractivity contribution < 1.29 is 4.79 Å². The summed E-state index contributed by atoms with van der Waals surface area (Å²) in [6.45, 7) is 10.5. The number of benzene rings is 3. The van der Waals surface area contributed by atoms with Crippen molar-refractivity contribution in [3.63, 3.8) is 0 Å². The van der Waals surface area contributed by atoms with Crippen LogP contribution in [0.3, 0.4) is 0 Å². The summed E-state index contributed by atoms with van der Waals surface area (Å²) in [5.41, 5.74) is 8.26. The molecule has 0 spiro atoms.